The van der Waals surface area contributed by atoms with Crippen LogP contribution in [0.2, 0.25) is 0 Å². The molecular weight excluding hydrogens is 417 g/mol. The largest absolute Gasteiger partial charge is 0.466 e. The van der Waals surface area contributed by atoms with Crippen LogP contribution in [0.4, 0.5) is 22.0 Å². The summed E-state index contributed by atoms with van der Waals surface area (Å²) in [5, 5.41) is 0. The lowest BCUT2D eigenvalue weighted by molar-refractivity contribution is -0.143. The Hall–Kier alpha value is -2.19. The van der Waals surface area contributed by atoms with E-state index in [4.69, 9.17) is 5.73 Å². The highest BCUT2D eigenvalue weighted by Gasteiger charge is 2.39. The number of aryl methyl sites for hydroxylation is 2. The van der Waals surface area contributed by atoms with Crippen LogP contribution in [0, 0.1) is 25.5 Å². The van der Waals surface area contributed by atoms with E-state index in [1.54, 1.807) is 32.0 Å². The monoisotopic (exact) mass is 437 g/mol. The van der Waals surface area contributed by atoms with E-state index < -0.39 is 52.9 Å². The van der Waals surface area contributed by atoms with E-state index in [2.05, 4.69) is 4.74 Å². The fourth-order valence-electron chi connectivity index (χ4n) is 3.11. The second-order valence-electron chi connectivity index (χ2n) is 6.39. The van der Waals surface area contributed by atoms with Gasteiger partial charge in [-0.25, -0.2) is 8.78 Å². The Labute approximate surface area is 171 Å². The molecule has 2 aromatic carbocycles. The topological polar surface area (TPSA) is 52.3 Å². The molecule has 0 aromatic heterocycles. The first-order chi connectivity index (χ1) is 13.0. The molecule has 0 spiro atoms. The molecule has 0 aliphatic rings. The lowest BCUT2D eigenvalue weighted by atomic mass is 9.89. The number of rotatable bonds is 5. The zero-order chi connectivity index (χ0) is 21.2. The minimum Gasteiger partial charge on any atom is -0.466 e. The summed E-state index contributed by atoms with van der Waals surface area (Å²) in [6.07, 6.45) is -5.73. The summed E-state index contributed by atoms with van der Waals surface area (Å²) in [7, 11) is 0. The first-order valence-electron chi connectivity index (χ1n) is 8.55. The predicted molar refractivity (Wildman–Crippen MR) is 102 cm³/mol. The Morgan fingerprint density at radius 1 is 1.14 bits per heavy atom. The number of hydrogen-bond acceptors (Lipinski definition) is 3. The van der Waals surface area contributed by atoms with Gasteiger partial charge in [0.2, 0.25) is 0 Å². The van der Waals surface area contributed by atoms with Gasteiger partial charge in [-0.15, -0.1) is 12.4 Å². The molecule has 3 nitrogen and oxygen atoms in total. The fraction of sp³-hybridized carbons (Fsp3) is 0.350. The van der Waals surface area contributed by atoms with Gasteiger partial charge in [-0.2, -0.15) is 13.2 Å². The summed E-state index contributed by atoms with van der Waals surface area (Å²) in [5.74, 6) is -3.91. The number of ether oxygens (including phenoxy) is 1. The third-order valence-electron chi connectivity index (χ3n) is 4.35. The van der Waals surface area contributed by atoms with Crippen molar-refractivity contribution in [2.75, 3.05) is 6.61 Å². The predicted octanol–water partition coefficient (Wildman–Crippen LogP) is 5.64. The second-order valence-corrected chi connectivity index (χ2v) is 6.39. The molecule has 2 aromatic rings. The lowest BCUT2D eigenvalue weighted by Crippen LogP contribution is -2.22. The zero-order valence-corrected chi connectivity index (χ0v) is 16.8. The van der Waals surface area contributed by atoms with E-state index in [1.165, 1.54) is 6.92 Å². The smallest absolute Gasteiger partial charge is 0.419 e. The molecule has 0 saturated carbocycles. The Bertz CT molecular complexity index is 879. The lowest BCUT2D eigenvalue weighted by Gasteiger charge is -2.21. The maximum Gasteiger partial charge on any atom is 0.419 e. The van der Waals surface area contributed by atoms with E-state index in [-0.39, 0.29) is 24.6 Å². The van der Waals surface area contributed by atoms with Crippen molar-refractivity contribution in [1.82, 2.24) is 0 Å². The van der Waals surface area contributed by atoms with E-state index in [1.807, 2.05) is 0 Å². The number of halogens is 6. The maximum absolute atomic E-state index is 15.2. The van der Waals surface area contributed by atoms with Crippen molar-refractivity contribution >= 4 is 18.4 Å². The molecule has 0 fully saturated rings. The number of esters is 1. The molecule has 2 N–H and O–H groups in total. The molecule has 0 aliphatic heterocycles. The van der Waals surface area contributed by atoms with Crippen LogP contribution in [0.3, 0.4) is 0 Å². The average Bonchev–Trinajstić information content (AvgIpc) is 2.55. The van der Waals surface area contributed by atoms with Crippen molar-refractivity contribution in [3.05, 3.63) is 58.2 Å². The molecule has 1 atom stereocenters. The Kier molecular flexibility index (Phi) is 8.17. The summed E-state index contributed by atoms with van der Waals surface area (Å²) < 4.78 is 74.7. The summed E-state index contributed by atoms with van der Waals surface area (Å²) in [4.78, 5) is 11.6. The Morgan fingerprint density at radius 3 is 2.17 bits per heavy atom. The fourth-order valence-corrected chi connectivity index (χ4v) is 3.11. The molecule has 29 heavy (non-hydrogen) atoms. The molecule has 0 heterocycles. The van der Waals surface area contributed by atoms with Crippen LogP contribution < -0.4 is 5.73 Å². The van der Waals surface area contributed by atoms with Crippen LogP contribution in [0.1, 0.15) is 41.6 Å². The van der Waals surface area contributed by atoms with E-state index >= 15 is 4.39 Å². The van der Waals surface area contributed by atoms with Crippen LogP contribution in [-0.4, -0.2) is 12.6 Å². The standard InChI is InChI=1S/C20H20F5NO2.ClH/c1-4-28-15(27)9-14(26)17-18(21)12(8-13(19(17)22)20(23,24)25)16-10(2)6-5-7-11(16)3;/h5-8,14H,4,9,26H2,1-3H3;1H/t14-;/m0./s1. The first kappa shape index (κ1) is 24.8. The first-order valence-corrected chi connectivity index (χ1v) is 8.55. The number of benzene rings is 2. The van der Waals surface area contributed by atoms with Crippen molar-refractivity contribution in [3.8, 4) is 11.1 Å². The quantitative estimate of drug-likeness (QED) is 0.486. The number of alkyl halides is 3. The van der Waals surface area contributed by atoms with Gasteiger partial charge < -0.3 is 10.5 Å². The van der Waals surface area contributed by atoms with Gasteiger partial charge in [0, 0.05) is 17.2 Å². The number of hydrogen-bond donors (Lipinski definition) is 1. The number of carbonyl (C=O) groups is 1. The average molecular weight is 438 g/mol. The van der Waals surface area contributed by atoms with Gasteiger partial charge in [-0.1, -0.05) is 18.2 Å². The second kappa shape index (κ2) is 9.54. The highest BCUT2D eigenvalue weighted by atomic mass is 35.5. The van der Waals surface area contributed by atoms with Crippen molar-refractivity contribution in [2.45, 2.75) is 39.4 Å². The molecule has 0 unspecified atom stereocenters. The summed E-state index contributed by atoms with van der Waals surface area (Å²) >= 11 is 0. The van der Waals surface area contributed by atoms with Gasteiger partial charge in [0.1, 0.15) is 11.6 Å². The molecular formula is C20H21ClF5NO2. The SMILES string of the molecule is CCOC(=O)C[C@H](N)c1c(F)c(-c2c(C)cccc2C)cc(C(F)(F)F)c1F.Cl. The van der Waals surface area contributed by atoms with Crippen LogP contribution in [0.5, 0.6) is 0 Å². The third kappa shape index (κ3) is 5.25. The van der Waals surface area contributed by atoms with Crippen LogP contribution >= 0.6 is 12.4 Å². The number of carbonyl (C=O) groups excluding carboxylic acids is 1. The molecule has 0 saturated heterocycles. The van der Waals surface area contributed by atoms with Crippen molar-refractivity contribution < 1.29 is 31.5 Å². The molecule has 0 aliphatic carbocycles. The molecule has 9 heteroatoms. The van der Waals surface area contributed by atoms with Gasteiger partial charge in [-0.05, 0) is 43.5 Å². The van der Waals surface area contributed by atoms with Gasteiger partial charge in [0.25, 0.3) is 0 Å². The van der Waals surface area contributed by atoms with E-state index in [0.29, 0.717) is 17.2 Å². The van der Waals surface area contributed by atoms with Crippen LogP contribution in [0.15, 0.2) is 24.3 Å². The summed E-state index contributed by atoms with van der Waals surface area (Å²) in [6.45, 7) is 4.74. The zero-order valence-electron chi connectivity index (χ0n) is 16.0. The van der Waals surface area contributed by atoms with Crippen molar-refractivity contribution in [1.29, 1.82) is 0 Å². The summed E-state index contributed by atoms with van der Waals surface area (Å²) in [6, 6.07) is 3.70. The Morgan fingerprint density at radius 2 is 1.69 bits per heavy atom. The van der Waals surface area contributed by atoms with Gasteiger partial charge in [0.05, 0.1) is 18.6 Å². The van der Waals surface area contributed by atoms with Gasteiger partial charge in [-0.3, -0.25) is 4.79 Å². The number of nitrogens with two attached hydrogens (primary N) is 1. The van der Waals surface area contributed by atoms with Crippen molar-refractivity contribution in [2.24, 2.45) is 5.73 Å². The van der Waals surface area contributed by atoms with E-state index in [0.717, 1.165) is 0 Å². The van der Waals surface area contributed by atoms with Crippen LogP contribution in [-0.2, 0) is 15.7 Å². The molecule has 160 valence electrons. The Balaban J connectivity index is 0.00000420. The molecule has 0 bridgehead atoms. The molecule has 0 radical (unpaired) electrons. The molecule has 0 amide bonds. The summed E-state index contributed by atoms with van der Waals surface area (Å²) in [5.41, 5.74) is 3.93. The van der Waals surface area contributed by atoms with Gasteiger partial charge in [0.15, 0.2) is 0 Å². The highest BCUT2D eigenvalue weighted by Crippen LogP contribution is 2.41. The normalized spacial score (nSPS) is 12.3. The highest BCUT2D eigenvalue weighted by molar-refractivity contribution is 5.85. The van der Waals surface area contributed by atoms with Gasteiger partial charge >= 0.3 is 12.1 Å². The van der Waals surface area contributed by atoms with Crippen molar-refractivity contribution in [3.63, 3.8) is 0 Å². The van der Waals surface area contributed by atoms with E-state index in [9.17, 15) is 22.4 Å². The van der Waals surface area contributed by atoms with Crippen LogP contribution in [0.25, 0.3) is 11.1 Å². The minimum absolute atomic E-state index is 0. The minimum atomic E-state index is -5.07. The molecule has 2 rings (SSSR count). The third-order valence-corrected chi connectivity index (χ3v) is 4.35. The maximum atomic E-state index is 15.2.